The van der Waals surface area contributed by atoms with Crippen LogP contribution in [0.25, 0.3) is 0 Å². The molecule has 0 spiro atoms. The van der Waals surface area contributed by atoms with Crippen LogP contribution in [-0.4, -0.2) is 38.5 Å². The van der Waals surface area contributed by atoms with Crippen molar-refractivity contribution < 1.29 is 10.0 Å². The molecule has 1 amide bonds. The maximum Gasteiger partial charge on any atom is 0.273 e. The van der Waals surface area contributed by atoms with Gasteiger partial charge in [-0.05, 0) is 0 Å². The molecule has 0 aliphatic rings. The van der Waals surface area contributed by atoms with E-state index in [0.717, 1.165) is 0 Å². The molecule has 1 heterocycles. The van der Waals surface area contributed by atoms with E-state index < -0.39 is 5.91 Å². The van der Waals surface area contributed by atoms with Gasteiger partial charge in [0, 0.05) is 7.05 Å². The zero-order valence-electron chi connectivity index (χ0n) is 7.51. The van der Waals surface area contributed by atoms with Crippen LogP contribution in [0.5, 0.6) is 0 Å². The number of aromatic nitrogens is 3. The molecule has 1 aromatic rings. The minimum atomic E-state index is -0.426. The first-order valence-corrected chi connectivity index (χ1v) is 3.74. The highest BCUT2D eigenvalue weighted by atomic mass is 16.4. The number of carbonyl (C=O) groups excluding carboxylic acids is 1. The molecule has 0 bridgehead atoms. The van der Waals surface area contributed by atoms with Gasteiger partial charge in [0.25, 0.3) is 5.91 Å². The van der Waals surface area contributed by atoms with Crippen LogP contribution in [0.3, 0.4) is 0 Å². The largest absolute Gasteiger partial charge is 0.409 e. The molecule has 8 heteroatoms. The standard InChI is InChI=1S/C6H10N6O2/c1-12-3-4(9-11-12)6(13)8-2-5(7)10-14/h3,14H,2H2,1H3,(H2,7,10)(H,8,13). The lowest BCUT2D eigenvalue weighted by molar-refractivity contribution is 0.0954. The van der Waals surface area contributed by atoms with E-state index in [1.165, 1.54) is 10.9 Å². The van der Waals surface area contributed by atoms with Crippen molar-refractivity contribution in [3.05, 3.63) is 11.9 Å². The summed E-state index contributed by atoms with van der Waals surface area (Å²) in [5, 5.41) is 20.4. The van der Waals surface area contributed by atoms with Gasteiger partial charge in [0.15, 0.2) is 11.5 Å². The number of nitrogens with one attached hydrogen (secondary N) is 1. The van der Waals surface area contributed by atoms with Gasteiger partial charge in [-0.2, -0.15) is 0 Å². The van der Waals surface area contributed by atoms with E-state index in [-0.39, 0.29) is 18.1 Å². The van der Waals surface area contributed by atoms with E-state index in [2.05, 4.69) is 20.8 Å². The third-order valence-electron chi connectivity index (χ3n) is 1.39. The molecular formula is C6H10N6O2. The quantitative estimate of drug-likeness (QED) is 0.231. The second-order valence-electron chi connectivity index (χ2n) is 2.55. The van der Waals surface area contributed by atoms with E-state index in [9.17, 15) is 4.79 Å². The normalized spacial score (nSPS) is 11.4. The SMILES string of the molecule is Cn1cc(C(=O)NC/C(N)=N/O)nn1. The average Bonchev–Trinajstić information content (AvgIpc) is 2.60. The van der Waals surface area contributed by atoms with Gasteiger partial charge < -0.3 is 16.3 Å². The van der Waals surface area contributed by atoms with Crippen molar-refractivity contribution in [2.24, 2.45) is 17.9 Å². The number of nitrogens with zero attached hydrogens (tertiary/aromatic N) is 4. The molecule has 0 aliphatic heterocycles. The fourth-order valence-electron chi connectivity index (χ4n) is 0.748. The Labute approximate surface area is 79.4 Å². The lowest BCUT2D eigenvalue weighted by atomic mass is 10.4. The van der Waals surface area contributed by atoms with Gasteiger partial charge in [-0.3, -0.25) is 9.48 Å². The molecular weight excluding hydrogens is 188 g/mol. The molecule has 1 rings (SSSR count). The third-order valence-corrected chi connectivity index (χ3v) is 1.39. The first kappa shape index (κ1) is 9.96. The van der Waals surface area contributed by atoms with Crippen LogP contribution in [-0.2, 0) is 7.05 Å². The molecule has 76 valence electrons. The molecule has 0 saturated carbocycles. The number of nitrogens with two attached hydrogens (primary N) is 1. The summed E-state index contributed by atoms with van der Waals surface area (Å²) in [4.78, 5) is 11.3. The molecule has 0 fully saturated rings. The first-order valence-electron chi connectivity index (χ1n) is 3.74. The van der Waals surface area contributed by atoms with Crippen molar-refractivity contribution in [2.75, 3.05) is 6.54 Å². The lowest BCUT2D eigenvalue weighted by Gasteiger charge is -1.99. The van der Waals surface area contributed by atoms with E-state index in [1.54, 1.807) is 7.05 Å². The van der Waals surface area contributed by atoms with Gasteiger partial charge in [0.05, 0.1) is 12.7 Å². The van der Waals surface area contributed by atoms with Gasteiger partial charge >= 0.3 is 0 Å². The molecule has 14 heavy (non-hydrogen) atoms. The Morgan fingerprint density at radius 2 is 2.57 bits per heavy atom. The number of aryl methyl sites for hydroxylation is 1. The molecule has 1 aromatic heterocycles. The summed E-state index contributed by atoms with van der Waals surface area (Å²) in [6, 6.07) is 0. The Hall–Kier alpha value is -2.12. The van der Waals surface area contributed by atoms with Gasteiger partial charge in [-0.15, -0.1) is 5.10 Å². The van der Waals surface area contributed by atoms with Crippen molar-refractivity contribution in [3.8, 4) is 0 Å². The van der Waals surface area contributed by atoms with Crippen LogP contribution in [0.4, 0.5) is 0 Å². The number of amidine groups is 1. The smallest absolute Gasteiger partial charge is 0.273 e. The molecule has 0 saturated heterocycles. The third kappa shape index (κ3) is 2.44. The second-order valence-corrected chi connectivity index (χ2v) is 2.55. The molecule has 0 radical (unpaired) electrons. The minimum Gasteiger partial charge on any atom is -0.409 e. The zero-order chi connectivity index (χ0) is 10.6. The summed E-state index contributed by atoms with van der Waals surface area (Å²) >= 11 is 0. The highest BCUT2D eigenvalue weighted by Gasteiger charge is 2.09. The van der Waals surface area contributed by atoms with Gasteiger partial charge in [-0.1, -0.05) is 10.4 Å². The predicted molar refractivity (Wildman–Crippen MR) is 46.7 cm³/mol. The summed E-state index contributed by atoms with van der Waals surface area (Å²) < 4.78 is 1.40. The minimum absolute atomic E-state index is 0.0358. The van der Waals surface area contributed by atoms with Crippen molar-refractivity contribution in [1.82, 2.24) is 20.3 Å². The van der Waals surface area contributed by atoms with E-state index >= 15 is 0 Å². The number of hydrogen-bond acceptors (Lipinski definition) is 5. The van der Waals surface area contributed by atoms with Crippen molar-refractivity contribution in [1.29, 1.82) is 0 Å². The Morgan fingerprint density at radius 3 is 3.07 bits per heavy atom. The maximum atomic E-state index is 11.3. The van der Waals surface area contributed by atoms with Gasteiger partial charge in [-0.25, -0.2) is 0 Å². The number of carbonyl (C=O) groups is 1. The summed E-state index contributed by atoms with van der Waals surface area (Å²) in [5.41, 5.74) is 5.33. The molecule has 4 N–H and O–H groups in total. The molecule has 0 aromatic carbocycles. The molecule has 8 nitrogen and oxygen atoms in total. The zero-order valence-corrected chi connectivity index (χ0v) is 7.51. The Bertz CT molecular complexity index is 357. The number of oxime groups is 1. The van der Waals surface area contributed by atoms with Crippen molar-refractivity contribution in [3.63, 3.8) is 0 Å². The van der Waals surface area contributed by atoms with Crippen LogP contribution in [0.1, 0.15) is 10.5 Å². The number of rotatable bonds is 3. The summed E-state index contributed by atoms with van der Waals surface area (Å²) in [7, 11) is 1.65. The average molecular weight is 198 g/mol. The molecule has 0 atom stereocenters. The fourth-order valence-corrected chi connectivity index (χ4v) is 0.748. The summed E-state index contributed by atoms with van der Waals surface area (Å²) in [6.07, 6.45) is 1.46. The summed E-state index contributed by atoms with van der Waals surface area (Å²) in [5.74, 6) is -0.507. The van der Waals surface area contributed by atoms with E-state index in [0.29, 0.717) is 0 Å². The molecule has 0 unspecified atom stereocenters. The highest BCUT2D eigenvalue weighted by molar-refractivity contribution is 5.95. The Morgan fingerprint density at radius 1 is 1.86 bits per heavy atom. The Kier molecular flexibility index (Phi) is 3.00. The first-order chi connectivity index (χ1) is 6.63. The second kappa shape index (κ2) is 4.21. The van der Waals surface area contributed by atoms with E-state index in [1.807, 2.05) is 0 Å². The Balaban J connectivity index is 2.51. The number of amides is 1. The van der Waals surface area contributed by atoms with E-state index in [4.69, 9.17) is 10.9 Å². The van der Waals surface area contributed by atoms with Crippen LogP contribution in [0, 0.1) is 0 Å². The van der Waals surface area contributed by atoms with Crippen LogP contribution < -0.4 is 11.1 Å². The molecule has 0 aliphatic carbocycles. The van der Waals surface area contributed by atoms with Crippen LogP contribution >= 0.6 is 0 Å². The maximum absolute atomic E-state index is 11.3. The van der Waals surface area contributed by atoms with Gasteiger partial charge in [0.2, 0.25) is 0 Å². The van der Waals surface area contributed by atoms with Crippen molar-refractivity contribution >= 4 is 11.7 Å². The fraction of sp³-hybridized carbons (Fsp3) is 0.333. The van der Waals surface area contributed by atoms with Crippen LogP contribution in [0.2, 0.25) is 0 Å². The monoisotopic (exact) mass is 198 g/mol. The summed E-state index contributed by atoms with van der Waals surface area (Å²) in [6.45, 7) is -0.0358. The van der Waals surface area contributed by atoms with Crippen molar-refractivity contribution in [2.45, 2.75) is 0 Å². The topological polar surface area (TPSA) is 118 Å². The lowest BCUT2D eigenvalue weighted by Crippen LogP contribution is -2.33. The van der Waals surface area contributed by atoms with Gasteiger partial charge in [0.1, 0.15) is 0 Å². The highest BCUT2D eigenvalue weighted by Crippen LogP contribution is 1.89. The number of hydrogen-bond donors (Lipinski definition) is 3. The van der Waals surface area contributed by atoms with Crippen LogP contribution in [0.15, 0.2) is 11.4 Å². The predicted octanol–water partition coefficient (Wildman–Crippen LogP) is -1.71.